The second kappa shape index (κ2) is 9.55. The fourth-order valence-corrected chi connectivity index (χ4v) is 4.89. The predicted molar refractivity (Wildman–Crippen MR) is 110 cm³/mol. The smallest absolute Gasteiger partial charge is 0.246 e. The lowest BCUT2D eigenvalue weighted by Crippen LogP contribution is -2.40. The molecule has 9 nitrogen and oxygen atoms in total. The lowest BCUT2D eigenvalue weighted by molar-refractivity contribution is -0.120. The number of nitrogens with one attached hydrogen (secondary N) is 1. The average Bonchev–Trinajstić information content (AvgIpc) is 3.52. The van der Waals surface area contributed by atoms with Crippen molar-refractivity contribution in [3.63, 3.8) is 0 Å². The van der Waals surface area contributed by atoms with Crippen molar-refractivity contribution in [3.8, 4) is 18.1 Å². The van der Waals surface area contributed by atoms with Crippen LogP contribution in [0.3, 0.4) is 0 Å². The Balaban J connectivity index is 1.62. The number of hydrogen-bond acceptors (Lipinski definition) is 7. The van der Waals surface area contributed by atoms with E-state index in [1.54, 1.807) is 12.1 Å². The van der Waals surface area contributed by atoms with Gasteiger partial charge in [0.05, 0.1) is 26.7 Å². The first-order valence-electron chi connectivity index (χ1n) is 9.79. The third-order valence-electron chi connectivity index (χ3n) is 5.08. The zero-order valence-electron chi connectivity index (χ0n) is 17.0. The van der Waals surface area contributed by atoms with Gasteiger partial charge in [0.15, 0.2) is 5.66 Å². The van der Waals surface area contributed by atoms with Crippen LogP contribution in [-0.4, -0.2) is 64.3 Å². The molecule has 2 heterocycles. The number of morpholine rings is 1. The largest absolute Gasteiger partial charge is 0.495 e. The molecule has 2 aliphatic rings. The van der Waals surface area contributed by atoms with E-state index in [0.29, 0.717) is 44.6 Å². The molecule has 10 heteroatoms. The Morgan fingerprint density at radius 2 is 2.07 bits per heavy atom. The van der Waals surface area contributed by atoms with E-state index in [1.165, 1.54) is 17.5 Å². The standard InChI is InChI=1S/C20H26N4O5S/c1-3-4-7-20(22-23-20)8-9-21-19(25)15-16-5-6-17(28-2)18(14-16)30(26,27)24-10-12-29-13-11-24/h1,5-6,14H,4,7-13,15H2,2H3,(H,21,25). The molecule has 162 valence electrons. The maximum absolute atomic E-state index is 13.0. The number of terminal acetylenes is 1. The summed E-state index contributed by atoms with van der Waals surface area (Å²) in [6.07, 6.45) is 7.20. The quantitative estimate of drug-likeness (QED) is 0.559. The summed E-state index contributed by atoms with van der Waals surface area (Å²) in [4.78, 5) is 12.4. The summed E-state index contributed by atoms with van der Waals surface area (Å²) < 4.78 is 37.9. The van der Waals surface area contributed by atoms with Crippen LogP contribution in [-0.2, 0) is 26.0 Å². The number of benzene rings is 1. The van der Waals surface area contributed by atoms with Crippen LogP contribution in [0.2, 0.25) is 0 Å². The highest BCUT2D eigenvalue weighted by atomic mass is 32.2. The highest BCUT2D eigenvalue weighted by molar-refractivity contribution is 7.89. The third kappa shape index (κ3) is 5.36. The number of rotatable bonds is 10. The van der Waals surface area contributed by atoms with Crippen LogP contribution in [0.1, 0.15) is 24.8 Å². The molecule has 1 aromatic carbocycles. The summed E-state index contributed by atoms with van der Waals surface area (Å²) in [6.45, 7) is 1.70. The second-order valence-electron chi connectivity index (χ2n) is 7.16. The van der Waals surface area contributed by atoms with E-state index in [0.717, 1.165) is 0 Å². The van der Waals surface area contributed by atoms with Crippen molar-refractivity contribution in [2.75, 3.05) is 40.0 Å². The van der Waals surface area contributed by atoms with Crippen molar-refractivity contribution in [2.24, 2.45) is 10.2 Å². The number of ether oxygens (including phenoxy) is 2. The Morgan fingerprint density at radius 3 is 2.70 bits per heavy atom. The highest BCUT2D eigenvalue weighted by Gasteiger charge is 2.38. The number of carbonyl (C=O) groups is 1. The van der Waals surface area contributed by atoms with Crippen molar-refractivity contribution < 1.29 is 22.7 Å². The molecule has 3 rings (SSSR count). The average molecular weight is 435 g/mol. The lowest BCUT2D eigenvalue weighted by atomic mass is 10.0. The molecule has 0 aromatic heterocycles. The van der Waals surface area contributed by atoms with E-state index >= 15 is 0 Å². The minimum absolute atomic E-state index is 0.0565. The van der Waals surface area contributed by atoms with Gasteiger partial charge in [0, 0.05) is 38.9 Å². The van der Waals surface area contributed by atoms with Crippen LogP contribution in [0, 0.1) is 12.3 Å². The molecule has 0 bridgehead atoms. The summed E-state index contributed by atoms with van der Waals surface area (Å²) in [6, 6.07) is 4.77. The molecule has 1 fully saturated rings. The minimum Gasteiger partial charge on any atom is -0.495 e. The number of methoxy groups -OCH3 is 1. The summed E-state index contributed by atoms with van der Waals surface area (Å²) in [7, 11) is -2.32. The van der Waals surface area contributed by atoms with Crippen molar-refractivity contribution in [1.29, 1.82) is 0 Å². The highest BCUT2D eigenvalue weighted by Crippen LogP contribution is 2.36. The first-order valence-corrected chi connectivity index (χ1v) is 11.2. The third-order valence-corrected chi connectivity index (χ3v) is 7.00. The van der Waals surface area contributed by atoms with Gasteiger partial charge in [-0.25, -0.2) is 8.42 Å². The molecule has 1 amide bonds. The van der Waals surface area contributed by atoms with Crippen LogP contribution < -0.4 is 10.1 Å². The molecule has 2 aliphatic heterocycles. The van der Waals surface area contributed by atoms with Crippen molar-refractivity contribution >= 4 is 15.9 Å². The fraction of sp³-hybridized carbons (Fsp3) is 0.550. The topological polar surface area (TPSA) is 110 Å². The van der Waals surface area contributed by atoms with Gasteiger partial charge in [0.2, 0.25) is 15.9 Å². The monoisotopic (exact) mass is 434 g/mol. The van der Waals surface area contributed by atoms with E-state index in [-0.39, 0.29) is 36.1 Å². The van der Waals surface area contributed by atoms with E-state index in [9.17, 15) is 13.2 Å². The number of carbonyl (C=O) groups excluding carboxylic acids is 1. The van der Waals surface area contributed by atoms with Crippen LogP contribution >= 0.6 is 0 Å². The molecule has 1 N–H and O–H groups in total. The van der Waals surface area contributed by atoms with Gasteiger partial charge < -0.3 is 14.8 Å². The van der Waals surface area contributed by atoms with Crippen LogP contribution in [0.4, 0.5) is 0 Å². The maximum atomic E-state index is 13.0. The van der Waals surface area contributed by atoms with Gasteiger partial charge in [-0.05, 0) is 17.7 Å². The molecule has 0 unspecified atom stereocenters. The Hall–Kier alpha value is -2.48. The van der Waals surface area contributed by atoms with Crippen molar-refractivity contribution in [3.05, 3.63) is 23.8 Å². The molecule has 0 spiro atoms. The molecule has 1 saturated heterocycles. The van der Waals surface area contributed by atoms with Gasteiger partial charge in [0.1, 0.15) is 10.6 Å². The van der Waals surface area contributed by atoms with Crippen molar-refractivity contribution in [2.45, 2.75) is 36.2 Å². The first kappa shape index (κ1) is 22.2. The van der Waals surface area contributed by atoms with E-state index in [4.69, 9.17) is 15.9 Å². The molecular weight excluding hydrogens is 408 g/mol. The normalized spacial score (nSPS) is 17.9. The molecule has 0 radical (unpaired) electrons. The number of amides is 1. The van der Waals surface area contributed by atoms with Gasteiger partial charge in [-0.3, -0.25) is 4.79 Å². The Morgan fingerprint density at radius 1 is 1.33 bits per heavy atom. The predicted octanol–water partition coefficient (Wildman–Crippen LogP) is 1.34. The van der Waals surface area contributed by atoms with Crippen LogP contribution in [0.5, 0.6) is 5.75 Å². The maximum Gasteiger partial charge on any atom is 0.246 e. The first-order chi connectivity index (χ1) is 14.4. The van der Waals surface area contributed by atoms with E-state index in [1.807, 2.05) is 0 Å². The summed E-state index contributed by atoms with van der Waals surface area (Å²) in [5.41, 5.74) is 0.141. The van der Waals surface area contributed by atoms with Gasteiger partial charge in [-0.1, -0.05) is 6.07 Å². The second-order valence-corrected chi connectivity index (χ2v) is 9.07. The van der Waals surface area contributed by atoms with E-state index < -0.39 is 15.7 Å². The van der Waals surface area contributed by atoms with Gasteiger partial charge in [-0.2, -0.15) is 14.5 Å². The van der Waals surface area contributed by atoms with Crippen molar-refractivity contribution in [1.82, 2.24) is 9.62 Å². The Labute approximate surface area is 176 Å². The van der Waals surface area contributed by atoms with Gasteiger partial charge in [-0.15, -0.1) is 12.3 Å². The van der Waals surface area contributed by atoms with E-state index in [2.05, 4.69) is 21.5 Å². The lowest BCUT2D eigenvalue weighted by Gasteiger charge is -2.26. The molecule has 1 aromatic rings. The zero-order chi connectivity index (χ0) is 21.6. The zero-order valence-corrected chi connectivity index (χ0v) is 17.8. The van der Waals surface area contributed by atoms with Gasteiger partial charge >= 0.3 is 0 Å². The molecule has 0 aliphatic carbocycles. The molecule has 30 heavy (non-hydrogen) atoms. The number of sulfonamides is 1. The number of hydrogen-bond donors (Lipinski definition) is 1. The number of nitrogens with zero attached hydrogens (tertiary/aromatic N) is 3. The SMILES string of the molecule is C#CCCC1(CCNC(=O)Cc2ccc(OC)c(S(=O)(=O)N3CCOCC3)c2)N=N1. The summed E-state index contributed by atoms with van der Waals surface area (Å²) in [5, 5.41) is 10.9. The minimum atomic E-state index is -3.74. The molecular formula is C20H26N4O5S. The van der Waals surface area contributed by atoms with Gasteiger partial charge in [0.25, 0.3) is 0 Å². The Kier molecular flexibility index (Phi) is 7.07. The fourth-order valence-electron chi connectivity index (χ4n) is 3.28. The van der Waals surface area contributed by atoms with Crippen LogP contribution in [0.25, 0.3) is 0 Å². The molecule has 0 saturated carbocycles. The Bertz CT molecular complexity index is 942. The van der Waals surface area contributed by atoms with Crippen LogP contribution in [0.15, 0.2) is 33.3 Å². The summed E-state index contributed by atoms with van der Waals surface area (Å²) >= 11 is 0. The molecule has 0 atom stereocenters. The summed E-state index contributed by atoms with van der Waals surface area (Å²) in [5.74, 6) is 2.61.